The molecule has 19 heteroatoms. The second kappa shape index (κ2) is 17.1. The van der Waals surface area contributed by atoms with Gasteiger partial charge in [-0.25, -0.2) is 19.8 Å². The van der Waals surface area contributed by atoms with Crippen molar-refractivity contribution in [1.29, 1.82) is 0 Å². The Kier molecular flexibility index (Phi) is 13.0. The van der Waals surface area contributed by atoms with Crippen LogP contribution in [-0.2, 0) is 37.8 Å². The minimum Gasteiger partial charge on any atom is -0.464 e. The fourth-order valence-electron chi connectivity index (χ4n) is 4.97. The first-order chi connectivity index (χ1) is 23.4. The zero-order chi connectivity index (χ0) is 35.6. The molecule has 0 aliphatic heterocycles. The number of rotatable bonds is 18. The zero-order valence-electron chi connectivity index (χ0n) is 27.1. The van der Waals surface area contributed by atoms with E-state index in [0.29, 0.717) is 18.1 Å². The van der Waals surface area contributed by atoms with E-state index in [2.05, 4.69) is 40.6 Å². The first kappa shape index (κ1) is 37.1. The second-order valence-corrected chi connectivity index (χ2v) is 11.3. The Morgan fingerprint density at radius 3 is 2.37 bits per heavy atom. The summed E-state index contributed by atoms with van der Waals surface area (Å²) in [7, 11) is 0. The molecule has 19 nitrogen and oxygen atoms in total. The molecular weight excluding hydrogens is 646 g/mol. The third kappa shape index (κ3) is 10.4. The lowest BCUT2D eigenvalue weighted by Crippen LogP contribution is -2.35. The van der Waals surface area contributed by atoms with Crippen LogP contribution in [-0.4, -0.2) is 105 Å². The van der Waals surface area contributed by atoms with Gasteiger partial charge in [0.25, 0.3) is 5.91 Å². The summed E-state index contributed by atoms with van der Waals surface area (Å²) in [5.41, 5.74) is 2.26. The van der Waals surface area contributed by atoms with Gasteiger partial charge in [0.15, 0.2) is 5.82 Å². The molecule has 1 unspecified atom stereocenters. The Balaban J connectivity index is 1.50. The first-order valence-electron chi connectivity index (χ1n) is 15.2. The van der Waals surface area contributed by atoms with Crippen molar-refractivity contribution in [1.82, 2.24) is 46.3 Å². The van der Waals surface area contributed by atoms with Crippen molar-refractivity contribution >= 4 is 11.9 Å². The quantitative estimate of drug-likeness (QED) is 0.0584. The number of nitrogens with one attached hydrogen (secondary N) is 2. The molecule has 0 aliphatic rings. The van der Waals surface area contributed by atoms with Crippen LogP contribution in [0.1, 0.15) is 61.2 Å². The fraction of sp³-hybridized carbons (Fsp3) is 0.400. The molecule has 1 atom stereocenters. The lowest BCUT2D eigenvalue weighted by Gasteiger charge is -2.19. The third-order valence-corrected chi connectivity index (χ3v) is 7.16. The monoisotopic (exact) mass is 685 g/mol. The molecule has 2 aromatic carbocycles. The summed E-state index contributed by atoms with van der Waals surface area (Å²) in [6.45, 7) is 3.86. The number of hydrogen-bond acceptors (Lipinski definition) is 16. The fourth-order valence-corrected chi connectivity index (χ4v) is 4.97. The Hall–Kier alpha value is -4.70. The number of tetrazole rings is 1. The SMILES string of the molecule is CCCc1nc(C(C)(C)O)c(C(=O)NCC(=O)OCCC(CON(O)O)ON(O)O)n1Cc1ccc(-c2ccccc2-c2nnn[nH]2)cc1. The summed E-state index contributed by atoms with van der Waals surface area (Å²) < 4.78 is 6.83. The predicted molar refractivity (Wildman–Crippen MR) is 165 cm³/mol. The van der Waals surface area contributed by atoms with E-state index in [0.717, 1.165) is 28.7 Å². The molecule has 2 aromatic heterocycles. The second-order valence-electron chi connectivity index (χ2n) is 11.3. The van der Waals surface area contributed by atoms with Gasteiger partial charge >= 0.3 is 5.97 Å². The smallest absolute Gasteiger partial charge is 0.325 e. The Morgan fingerprint density at radius 1 is 1.04 bits per heavy atom. The van der Waals surface area contributed by atoms with E-state index in [4.69, 9.17) is 25.6 Å². The van der Waals surface area contributed by atoms with Crippen molar-refractivity contribution in [3.63, 3.8) is 0 Å². The standard InChI is InChI=1S/C30H39N9O10/c1-4-7-24-32-27(30(2,3)42)26(29(41)31-16-25(40)47-15-14-21(49-39(45)46)18-48-38(43)44)37(24)17-19-10-12-20(13-11-19)22-8-5-6-9-23(22)28-33-35-36-34-28/h5-6,8-13,21,42-46H,4,7,14-18H2,1-3H3,(H,31,41)(H,33,34,35,36). The van der Waals surface area contributed by atoms with Gasteiger partial charge in [-0.15, -0.1) is 5.10 Å². The average Bonchev–Trinajstić information content (AvgIpc) is 3.72. The predicted octanol–water partition coefficient (Wildman–Crippen LogP) is 2.01. The van der Waals surface area contributed by atoms with Crippen molar-refractivity contribution in [2.24, 2.45) is 0 Å². The minimum absolute atomic E-state index is 0.0881. The highest BCUT2D eigenvalue weighted by Gasteiger charge is 2.32. The summed E-state index contributed by atoms with van der Waals surface area (Å²) in [5.74, 6) is -0.373. The number of imidazole rings is 1. The van der Waals surface area contributed by atoms with Crippen molar-refractivity contribution in [2.75, 3.05) is 19.8 Å². The molecule has 2 heterocycles. The van der Waals surface area contributed by atoms with E-state index in [1.807, 2.05) is 55.5 Å². The lowest BCUT2D eigenvalue weighted by molar-refractivity contribution is -0.527. The van der Waals surface area contributed by atoms with E-state index in [1.54, 1.807) is 4.57 Å². The maximum atomic E-state index is 13.6. The number of aromatic amines is 1. The maximum absolute atomic E-state index is 13.6. The van der Waals surface area contributed by atoms with Crippen molar-refractivity contribution in [3.05, 3.63) is 71.3 Å². The molecule has 49 heavy (non-hydrogen) atoms. The molecule has 0 fully saturated rings. The number of amides is 1. The summed E-state index contributed by atoms with van der Waals surface area (Å²) >= 11 is 0. The van der Waals surface area contributed by atoms with E-state index in [9.17, 15) is 14.7 Å². The van der Waals surface area contributed by atoms with Gasteiger partial charge < -0.3 is 19.7 Å². The van der Waals surface area contributed by atoms with Crippen molar-refractivity contribution in [2.45, 2.75) is 58.3 Å². The molecule has 0 saturated heterocycles. The summed E-state index contributed by atoms with van der Waals surface area (Å²) in [4.78, 5) is 39.7. The number of carbonyl (C=O) groups is 2. The Labute approximate surface area is 280 Å². The number of nitrogens with zero attached hydrogens (tertiary/aromatic N) is 7. The topological polar surface area (TPSA) is 254 Å². The van der Waals surface area contributed by atoms with E-state index in [-0.39, 0.29) is 31.0 Å². The molecule has 1 amide bonds. The molecule has 0 saturated carbocycles. The lowest BCUT2D eigenvalue weighted by atomic mass is 9.98. The van der Waals surface area contributed by atoms with Crippen LogP contribution < -0.4 is 5.32 Å². The van der Waals surface area contributed by atoms with Gasteiger partial charge in [0.2, 0.25) is 0 Å². The van der Waals surface area contributed by atoms with Crippen LogP contribution in [0.4, 0.5) is 0 Å². The van der Waals surface area contributed by atoms with E-state index >= 15 is 0 Å². The van der Waals surface area contributed by atoms with Gasteiger partial charge in [0.1, 0.15) is 42.1 Å². The number of ether oxygens (including phenoxy) is 1. The highest BCUT2D eigenvalue weighted by atomic mass is 17.1. The van der Waals surface area contributed by atoms with Gasteiger partial charge in [-0.3, -0.25) is 30.4 Å². The minimum atomic E-state index is -1.49. The van der Waals surface area contributed by atoms with Gasteiger partial charge in [-0.1, -0.05) is 55.5 Å². The zero-order valence-corrected chi connectivity index (χ0v) is 27.1. The number of aliphatic hydroxyl groups is 1. The van der Waals surface area contributed by atoms with Crippen LogP contribution in [0.2, 0.25) is 0 Å². The molecule has 7 N–H and O–H groups in total. The van der Waals surface area contributed by atoms with Gasteiger partial charge in [0.05, 0.1) is 17.4 Å². The first-order valence-corrected chi connectivity index (χ1v) is 15.2. The number of esters is 1. The molecular formula is C30H39N9O10. The summed E-state index contributed by atoms with van der Waals surface area (Å²) in [6, 6.07) is 15.4. The molecule has 0 spiro atoms. The Morgan fingerprint density at radius 2 is 1.76 bits per heavy atom. The number of H-pyrrole nitrogens is 1. The van der Waals surface area contributed by atoms with Gasteiger partial charge in [-0.2, -0.15) is 0 Å². The molecule has 0 aliphatic carbocycles. The number of hydrogen-bond donors (Lipinski definition) is 7. The van der Waals surface area contributed by atoms with Crippen LogP contribution >= 0.6 is 0 Å². The van der Waals surface area contributed by atoms with Gasteiger partial charge in [0, 0.05) is 24.9 Å². The molecule has 0 radical (unpaired) electrons. The van der Waals surface area contributed by atoms with Crippen molar-refractivity contribution < 1.29 is 49.9 Å². The highest BCUT2D eigenvalue weighted by molar-refractivity contribution is 5.96. The van der Waals surface area contributed by atoms with Crippen LogP contribution in [0.15, 0.2) is 48.5 Å². The average molecular weight is 686 g/mol. The van der Waals surface area contributed by atoms with Gasteiger partial charge in [-0.05, 0) is 47.4 Å². The van der Waals surface area contributed by atoms with Crippen LogP contribution in [0.25, 0.3) is 22.5 Å². The van der Waals surface area contributed by atoms with Crippen molar-refractivity contribution in [3.8, 4) is 22.5 Å². The number of aryl methyl sites for hydroxylation is 1. The molecule has 4 rings (SSSR count). The van der Waals surface area contributed by atoms with Crippen LogP contribution in [0.3, 0.4) is 0 Å². The Bertz CT molecular complexity index is 1660. The van der Waals surface area contributed by atoms with Crippen LogP contribution in [0, 0.1) is 0 Å². The summed E-state index contributed by atoms with van der Waals surface area (Å²) in [5, 5.41) is 61.6. The molecule has 264 valence electrons. The number of carbonyl (C=O) groups excluding carboxylic acids is 2. The summed E-state index contributed by atoms with van der Waals surface area (Å²) in [6.07, 6.45) is -0.0699. The highest BCUT2D eigenvalue weighted by Crippen LogP contribution is 2.31. The van der Waals surface area contributed by atoms with Crippen LogP contribution in [0.5, 0.6) is 0 Å². The maximum Gasteiger partial charge on any atom is 0.325 e. The normalized spacial score (nSPS) is 12.4. The number of aromatic nitrogens is 6. The molecule has 0 bridgehead atoms. The van der Waals surface area contributed by atoms with E-state index in [1.165, 1.54) is 13.8 Å². The third-order valence-electron chi connectivity index (χ3n) is 7.16. The largest absolute Gasteiger partial charge is 0.464 e. The molecule has 4 aromatic rings. The number of benzene rings is 2. The van der Waals surface area contributed by atoms with E-state index < -0.39 is 47.5 Å².